The summed E-state index contributed by atoms with van der Waals surface area (Å²) in [6.45, 7) is 3.59. The lowest BCUT2D eigenvalue weighted by molar-refractivity contribution is 0.0714. The third-order valence-electron chi connectivity index (χ3n) is 2.04. The number of benzene rings is 1. The van der Waals surface area contributed by atoms with Crippen LogP contribution in [-0.2, 0) is 6.42 Å². The second-order valence-electron chi connectivity index (χ2n) is 4.10. The van der Waals surface area contributed by atoms with Crippen LogP contribution in [0.25, 0.3) is 0 Å². The van der Waals surface area contributed by atoms with Crippen LogP contribution in [0.4, 0.5) is 0 Å². The van der Waals surface area contributed by atoms with Crippen LogP contribution in [-0.4, -0.2) is 15.8 Å². The summed E-state index contributed by atoms with van der Waals surface area (Å²) >= 11 is 3.25. The first kappa shape index (κ1) is 11.5. The number of aromatic hydroxyl groups is 1. The minimum Gasteiger partial charge on any atom is -0.507 e. The molecule has 0 unspecified atom stereocenters. The van der Waals surface area contributed by atoms with Crippen molar-refractivity contribution in [2.45, 2.75) is 32.3 Å². The molecule has 0 saturated carbocycles. The van der Waals surface area contributed by atoms with E-state index in [9.17, 15) is 10.2 Å². The van der Waals surface area contributed by atoms with Gasteiger partial charge in [0.05, 0.1) is 10.1 Å². The van der Waals surface area contributed by atoms with Crippen LogP contribution in [0.2, 0.25) is 0 Å². The summed E-state index contributed by atoms with van der Waals surface area (Å²) in [7, 11) is 0. The molecule has 78 valence electrons. The lowest BCUT2D eigenvalue weighted by atomic mass is 9.99. The molecule has 0 aliphatic carbocycles. The number of phenolic OH excluding ortho intramolecular Hbond substituents is 1. The van der Waals surface area contributed by atoms with Gasteiger partial charge in [0.15, 0.2) is 0 Å². The predicted octanol–water partition coefficient (Wildman–Crippen LogP) is 2.86. The van der Waals surface area contributed by atoms with Crippen LogP contribution in [0.5, 0.6) is 5.75 Å². The molecule has 2 nitrogen and oxygen atoms in total. The van der Waals surface area contributed by atoms with Crippen LogP contribution < -0.4 is 0 Å². The molecule has 1 aromatic rings. The molecule has 0 bridgehead atoms. The zero-order chi connectivity index (χ0) is 10.8. The van der Waals surface area contributed by atoms with E-state index < -0.39 is 5.60 Å². The first-order valence-corrected chi connectivity index (χ1v) is 5.37. The number of rotatable bonds is 3. The summed E-state index contributed by atoms with van der Waals surface area (Å²) in [6, 6.07) is 5.40. The van der Waals surface area contributed by atoms with Gasteiger partial charge < -0.3 is 10.2 Å². The van der Waals surface area contributed by atoms with Gasteiger partial charge in [-0.15, -0.1) is 0 Å². The molecule has 14 heavy (non-hydrogen) atoms. The Morgan fingerprint density at radius 2 is 2.00 bits per heavy atom. The Balaban J connectivity index is 2.65. The third kappa shape index (κ3) is 3.68. The summed E-state index contributed by atoms with van der Waals surface area (Å²) in [5.74, 6) is 0.247. The fourth-order valence-corrected chi connectivity index (χ4v) is 1.58. The molecular formula is C11H15BrO2. The van der Waals surface area contributed by atoms with Gasteiger partial charge in [-0.25, -0.2) is 0 Å². The SMILES string of the molecule is CC(C)(O)CCc1ccc(O)c(Br)c1. The van der Waals surface area contributed by atoms with E-state index in [0.717, 1.165) is 12.0 Å². The van der Waals surface area contributed by atoms with Crippen molar-refractivity contribution in [1.29, 1.82) is 0 Å². The molecule has 0 amide bonds. The van der Waals surface area contributed by atoms with Crippen LogP contribution in [0.3, 0.4) is 0 Å². The highest BCUT2D eigenvalue weighted by atomic mass is 79.9. The smallest absolute Gasteiger partial charge is 0.129 e. The van der Waals surface area contributed by atoms with Gasteiger partial charge in [-0.3, -0.25) is 0 Å². The van der Waals surface area contributed by atoms with Crippen molar-refractivity contribution < 1.29 is 10.2 Å². The quantitative estimate of drug-likeness (QED) is 0.876. The molecule has 1 rings (SSSR count). The van der Waals surface area contributed by atoms with Gasteiger partial charge in [-0.05, 0) is 60.3 Å². The third-order valence-corrected chi connectivity index (χ3v) is 2.67. The minimum atomic E-state index is -0.635. The van der Waals surface area contributed by atoms with Crippen molar-refractivity contribution >= 4 is 15.9 Å². The summed E-state index contributed by atoms with van der Waals surface area (Å²) in [6.07, 6.45) is 1.52. The Morgan fingerprint density at radius 1 is 1.36 bits per heavy atom. The van der Waals surface area contributed by atoms with E-state index in [0.29, 0.717) is 10.9 Å². The topological polar surface area (TPSA) is 40.5 Å². The van der Waals surface area contributed by atoms with Crippen LogP contribution in [0, 0.1) is 0 Å². The normalized spacial score (nSPS) is 11.7. The maximum absolute atomic E-state index is 9.54. The van der Waals surface area contributed by atoms with E-state index in [1.807, 2.05) is 12.1 Å². The number of phenols is 1. The van der Waals surface area contributed by atoms with Gasteiger partial charge in [0.25, 0.3) is 0 Å². The van der Waals surface area contributed by atoms with E-state index in [2.05, 4.69) is 15.9 Å². The first-order valence-electron chi connectivity index (χ1n) is 4.58. The summed E-state index contributed by atoms with van der Waals surface area (Å²) in [4.78, 5) is 0. The summed E-state index contributed by atoms with van der Waals surface area (Å²) in [5.41, 5.74) is 0.474. The molecule has 0 aromatic heterocycles. The molecule has 0 aliphatic heterocycles. The van der Waals surface area contributed by atoms with Crippen LogP contribution >= 0.6 is 15.9 Å². The number of aliphatic hydroxyl groups is 1. The maximum atomic E-state index is 9.54. The van der Waals surface area contributed by atoms with Gasteiger partial charge in [-0.2, -0.15) is 0 Å². The standard InChI is InChI=1S/C11H15BrO2/c1-11(2,14)6-5-8-3-4-10(13)9(12)7-8/h3-4,7,13-14H,5-6H2,1-2H3. The van der Waals surface area contributed by atoms with Crippen LogP contribution in [0.15, 0.2) is 22.7 Å². The molecule has 1 aromatic carbocycles. The zero-order valence-corrected chi connectivity index (χ0v) is 10.0. The Hall–Kier alpha value is -0.540. The molecule has 0 spiro atoms. The van der Waals surface area contributed by atoms with Crippen molar-refractivity contribution in [1.82, 2.24) is 0 Å². The highest BCUT2D eigenvalue weighted by Gasteiger charge is 2.12. The second kappa shape index (κ2) is 4.32. The van der Waals surface area contributed by atoms with Gasteiger partial charge in [-0.1, -0.05) is 6.07 Å². The minimum absolute atomic E-state index is 0.247. The van der Waals surface area contributed by atoms with Crippen molar-refractivity contribution in [2.24, 2.45) is 0 Å². The molecule has 0 aliphatic rings. The van der Waals surface area contributed by atoms with Gasteiger partial charge in [0.1, 0.15) is 5.75 Å². The van der Waals surface area contributed by atoms with Crippen molar-refractivity contribution in [3.05, 3.63) is 28.2 Å². The maximum Gasteiger partial charge on any atom is 0.129 e. The summed E-state index contributed by atoms with van der Waals surface area (Å²) in [5, 5.41) is 18.8. The lowest BCUT2D eigenvalue weighted by Crippen LogP contribution is -2.19. The molecule has 2 N–H and O–H groups in total. The molecule has 0 atom stereocenters. The van der Waals surface area contributed by atoms with E-state index in [-0.39, 0.29) is 5.75 Å². The molecule has 0 fully saturated rings. The number of aryl methyl sites for hydroxylation is 1. The van der Waals surface area contributed by atoms with Gasteiger partial charge in [0.2, 0.25) is 0 Å². The lowest BCUT2D eigenvalue weighted by Gasteiger charge is -2.16. The van der Waals surface area contributed by atoms with Crippen molar-refractivity contribution in [2.75, 3.05) is 0 Å². The average molecular weight is 259 g/mol. The number of hydrogen-bond acceptors (Lipinski definition) is 2. The molecule has 0 saturated heterocycles. The average Bonchev–Trinajstić information content (AvgIpc) is 2.06. The van der Waals surface area contributed by atoms with E-state index in [1.165, 1.54) is 0 Å². The van der Waals surface area contributed by atoms with Gasteiger partial charge >= 0.3 is 0 Å². The zero-order valence-electron chi connectivity index (χ0n) is 8.42. The molecule has 3 heteroatoms. The first-order chi connectivity index (χ1) is 6.38. The Kier molecular flexibility index (Phi) is 3.56. The largest absolute Gasteiger partial charge is 0.507 e. The number of hydrogen-bond donors (Lipinski definition) is 2. The molecular weight excluding hydrogens is 244 g/mol. The Morgan fingerprint density at radius 3 is 2.50 bits per heavy atom. The van der Waals surface area contributed by atoms with E-state index in [4.69, 9.17) is 0 Å². The van der Waals surface area contributed by atoms with E-state index in [1.54, 1.807) is 19.9 Å². The highest BCUT2D eigenvalue weighted by molar-refractivity contribution is 9.10. The summed E-state index contributed by atoms with van der Waals surface area (Å²) < 4.78 is 0.700. The van der Waals surface area contributed by atoms with E-state index >= 15 is 0 Å². The highest BCUT2D eigenvalue weighted by Crippen LogP contribution is 2.25. The number of halogens is 1. The van der Waals surface area contributed by atoms with Crippen LogP contribution in [0.1, 0.15) is 25.8 Å². The fourth-order valence-electron chi connectivity index (χ4n) is 1.16. The fraction of sp³-hybridized carbons (Fsp3) is 0.455. The predicted molar refractivity (Wildman–Crippen MR) is 60.4 cm³/mol. The second-order valence-corrected chi connectivity index (χ2v) is 4.95. The molecule has 0 radical (unpaired) electrons. The Labute approximate surface area is 92.7 Å². The van der Waals surface area contributed by atoms with Gasteiger partial charge in [0, 0.05) is 0 Å². The monoisotopic (exact) mass is 258 g/mol. The van der Waals surface area contributed by atoms with Crippen molar-refractivity contribution in [3.8, 4) is 5.75 Å². The Bertz CT molecular complexity index is 316. The molecule has 0 heterocycles. The van der Waals surface area contributed by atoms with Crippen molar-refractivity contribution in [3.63, 3.8) is 0 Å².